The molecule has 0 spiro atoms. The van der Waals surface area contributed by atoms with Gasteiger partial charge in [-0.15, -0.1) is 11.3 Å². The Bertz CT molecular complexity index is 410. The molecule has 100 valence electrons. The fourth-order valence-electron chi connectivity index (χ4n) is 2.25. The Morgan fingerprint density at radius 3 is 2.89 bits per heavy atom. The van der Waals surface area contributed by atoms with Gasteiger partial charge in [0.05, 0.1) is 10.7 Å². The highest BCUT2D eigenvalue weighted by molar-refractivity contribution is 7.09. The number of nitrogens with zero attached hydrogens (tertiary/aromatic N) is 1. The maximum Gasteiger partial charge on any atom is 0.226 e. The number of carbonyl (C=O) groups is 1. The van der Waals surface area contributed by atoms with Crippen molar-refractivity contribution in [2.75, 3.05) is 19.6 Å². The number of nitrogens with one attached hydrogen (secondary N) is 2. The Hall–Kier alpha value is -0.940. The number of piperidine rings is 1. The van der Waals surface area contributed by atoms with Crippen molar-refractivity contribution in [1.82, 2.24) is 15.6 Å². The van der Waals surface area contributed by atoms with Gasteiger partial charge in [-0.1, -0.05) is 6.92 Å². The Labute approximate surface area is 112 Å². The van der Waals surface area contributed by atoms with Crippen LogP contribution in [0.2, 0.25) is 0 Å². The molecule has 0 saturated carbocycles. The second kappa shape index (κ2) is 5.80. The highest BCUT2D eigenvalue weighted by Gasteiger charge is 2.34. The SMILES string of the molecule is Cc1nc(CCNC(=O)C2(C)CCNCC2)cs1. The van der Waals surface area contributed by atoms with Crippen LogP contribution >= 0.6 is 11.3 Å². The number of amides is 1. The highest BCUT2D eigenvalue weighted by atomic mass is 32.1. The number of carbonyl (C=O) groups excluding carboxylic acids is 1. The molecule has 18 heavy (non-hydrogen) atoms. The van der Waals surface area contributed by atoms with E-state index in [4.69, 9.17) is 0 Å². The molecule has 0 atom stereocenters. The van der Waals surface area contributed by atoms with E-state index in [-0.39, 0.29) is 11.3 Å². The molecule has 2 rings (SSSR count). The van der Waals surface area contributed by atoms with Crippen LogP contribution in [0.3, 0.4) is 0 Å². The average Bonchev–Trinajstić information content (AvgIpc) is 2.76. The first-order valence-corrected chi connectivity index (χ1v) is 7.38. The third kappa shape index (κ3) is 3.29. The van der Waals surface area contributed by atoms with Gasteiger partial charge < -0.3 is 10.6 Å². The van der Waals surface area contributed by atoms with Crippen LogP contribution in [-0.2, 0) is 11.2 Å². The molecule has 5 heteroatoms. The van der Waals surface area contributed by atoms with Gasteiger partial charge in [0.2, 0.25) is 5.91 Å². The number of aryl methyl sites for hydroxylation is 1. The van der Waals surface area contributed by atoms with Crippen molar-refractivity contribution in [2.45, 2.75) is 33.1 Å². The number of thiazole rings is 1. The summed E-state index contributed by atoms with van der Waals surface area (Å²) in [7, 11) is 0. The van der Waals surface area contributed by atoms with E-state index in [9.17, 15) is 4.79 Å². The Morgan fingerprint density at radius 2 is 2.28 bits per heavy atom. The molecule has 0 aliphatic carbocycles. The zero-order valence-electron chi connectivity index (χ0n) is 11.1. The van der Waals surface area contributed by atoms with E-state index in [2.05, 4.69) is 27.9 Å². The zero-order valence-corrected chi connectivity index (χ0v) is 11.9. The molecule has 1 aliphatic heterocycles. The maximum absolute atomic E-state index is 12.2. The number of hydrogen-bond donors (Lipinski definition) is 2. The van der Waals surface area contributed by atoms with Crippen LogP contribution in [0, 0.1) is 12.3 Å². The van der Waals surface area contributed by atoms with E-state index in [1.165, 1.54) is 0 Å². The van der Waals surface area contributed by atoms with Crippen LogP contribution in [-0.4, -0.2) is 30.5 Å². The molecule has 4 nitrogen and oxygen atoms in total. The van der Waals surface area contributed by atoms with E-state index in [1.807, 2.05) is 6.92 Å². The quantitative estimate of drug-likeness (QED) is 0.869. The maximum atomic E-state index is 12.2. The van der Waals surface area contributed by atoms with Crippen LogP contribution in [0.4, 0.5) is 0 Å². The summed E-state index contributed by atoms with van der Waals surface area (Å²) < 4.78 is 0. The Balaban J connectivity index is 1.77. The van der Waals surface area contributed by atoms with Crippen LogP contribution < -0.4 is 10.6 Å². The Morgan fingerprint density at radius 1 is 1.56 bits per heavy atom. The molecule has 0 bridgehead atoms. The molecule has 0 radical (unpaired) electrons. The fourth-order valence-corrected chi connectivity index (χ4v) is 2.89. The standard InChI is InChI=1S/C13H21N3OS/c1-10-16-11(9-18-10)3-6-15-12(17)13(2)4-7-14-8-5-13/h9,14H,3-8H2,1-2H3,(H,15,17). The van der Waals surface area contributed by atoms with Gasteiger partial charge in [0.1, 0.15) is 0 Å². The summed E-state index contributed by atoms with van der Waals surface area (Å²) in [4.78, 5) is 16.6. The second-order valence-electron chi connectivity index (χ2n) is 5.17. The first kappa shape index (κ1) is 13.5. The summed E-state index contributed by atoms with van der Waals surface area (Å²) in [5.74, 6) is 0.191. The average molecular weight is 267 g/mol. The summed E-state index contributed by atoms with van der Waals surface area (Å²) in [6.45, 7) is 6.63. The monoisotopic (exact) mass is 267 g/mol. The number of hydrogen-bond acceptors (Lipinski definition) is 4. The lowest BCUT2D eigenvalue weighted by atomic mass is 9.80. The smallest absolute Gasteiger partial charge is 0.226 e. The van der Waals surface area contributed by atoms with Gasteiger partial charge in [-0.25, -0.2) is 4.98 Å². The molecule has 2 heterocycles. The van der Waals surface area contributed by atoms with E-state index in [1.54, 1.807) is 11.3 Å². The van der Waals surface area contributed by atoms with Gasteiger partial charge in [0, 0.05) is 23.8 Å². The van der Waals surface area contributed by atoms with Crippen molar-refractivity contribution in [3.63, 3.8) is 0 Å². The normalized spacial score (nSPS) is 18.6. The molecule has 1 aromatic rings. The van der Waals surface area contributed by atoms with Crippen LogP contribution in [0.5, 0.6) is 0 Å². The van der Waals surface area contributed by atoms with Crippen molar-refractivity contribution < 1.29 is 4.79 Å². The van der Waals surface area contributed by atoms with E-state index in [0.29, 0.717) is 6.54 Å². The van der Waals surface area contributed by atoms with E-state index >= 15 is 0 Å². The zero-order chi connectivity index (χ0) is 13.0. The molecule has 1 aromatic heterocycles. The molecule has 1 amide bonds. The Kier molecular flexibility index (Phi) is 4.35. The van der Waals surface area contributed by atoms with Gasteiger partial charge in [-0.2, -0.15) is 0 Å². The van der Waals surface area contributed by atoms with E-state index < -0.39 is 0 Å². The lowest BCUT2D eigenvalue weighted by molar-refractivity contribution is -0.131. The largest absolute Gasteiger partial charge is 0.355 e. The summed E-state index contributed by atoms with van der Waals surface area (Å²) in [5.41, 5.74) is 0.886. The minimum Gasteiger partial charge on any atom is -0.355 e. The van der Waals surface area contributed by atoms with Gasteiger partial charge in [0.15, 0.2) is 0 Å². The molecule has 0 unspecified atom stereocenters. The van der Waals surface area contributed by atoms with Crippen LogP contribution in [0.15, 0.2) is 5.38 Å². The second-order valence-corrected chi connectivity index (χ2v) is 6.24. The van der Waals surface area contributed by atoms with Gasteiger partial charge in [-0.05, 0) is 32.9 Å². The van der Waals surface area contributed by atoms with Gasteiger partial charge in [0.25, 0.3) is 0 Å². The topological polar surface area (TPSA) is 54.0 Å². The molecule has 1 fully saturated rings. The predicted molar refractivity (Wildman–Crippen MR) is 73.8 cm³/mol. The first-order chi connectivity index (χ1) is 8.60. The predicted octanol–water partition coefficient (Wildman–Crippen LogP) is 1.50. The summed E-state index contributed by atoms with van der Waals surface area (Å²) >= 11 is 1.66. The molecule has 0 aromatic carbocycles. The van der Waals surface area contributed by atoms with E-state index in [0.717, 1.165) is 43.1 Å². The molecular formula is C13H21N3OS. The lowest BCUT2D eigenvalue weighted by Crippen LogP contribution is -2.46. The molecule has 1 aliphatic rings. The summed E-state index contributed by atoms with van der Waals surface area (Å²) in [5, 5.41) is 9.49. The van der Waals surface area contributed by atoms with Crippen molar-refractivity contribution in [2.24, 2.45) is 5.41 Å². The van der Waals surface area contributed by atoms with Gasteiger partial charge >= 0.3 is 0 Å². The van der Waals surface area contributed by atoms with Crippen molar-refractivity contribution in [3.8, 4) is 0 Å². The molecular weight excluding hydrogens is 246 g/mol. The van der Waals surface area contributed by atoms with Crippen LogP contribution in [0.1, 0.15) is 30.5 Å². The van der Waals surface area contributed by atoms with Crippen LogP contribution in [0.25, 0.3) is 0 Å². The number of rotatable bonds is 4. The highest BCUT2D eigenvalue weighted by Crippen LogP contribution is 2.27. The minimum atomic E-state index is -0.191. The summed E-state index contributed by atoms with van der Waals surface area (Å²) in [6.07, 6.45) is 2.67. The third-order valence-corrected chi connectivity index (χ3v) is 4.41. The minimum absolute atomic E-state index is 0.191. The number of aromatic nitrogens is 1. The lowest BCUT2D eigenvalue weighted by Gasteiger charge is -2.32. The molecule has 1 saturated heterocycles. The fraction of sp³-hybridized carbons (Fsp3) is 0.692. The van der Waals surface area contributed by atoms with Gasteiger partial charge in [-0.3, -0.25) is 4.79 Å². The molecule has 2 N–H and O–H groups in total. The third-order valence-electron chi connectivity index (χ3n) is 3.59. The van der Waals surface area contributed by atoms with Crippen molar-refractivity contribution in [1.29, 1.82) is 0 Å². The first-order valence-electron chi connectivity index (χ1n) is 6.50. The van der Waals surface area contributed by atoms with Crippen molar-refractivity contribution >= 4 is 17.2 Å². The van der Waals surface area contributed by atoms with Crippen molar-refractivity contribution in [3.05, 3.63) is 16.1 Å². The summed E-state index contributed by atoms with van der Waals surface area (Å²) in [6, 6.07) is 0.